The molecule has 2 unspecified atom stereocenters. The van der Waals surface area contributed by atoms with Gasteiger partial charge in [0.25, 0.3) is 5.91 Å². The van der Waals surface area contributed by atoms with E-state index < -0.39 is 0 Å². The molecule has 5 heteroatoms. The zero-order valence-electron chi connectivity index (χ0n) is 14.2. The van der Waals surface area contributed by atoms with Crippen LogP contribution < -0.4 is 14.8 Å². The van der Waals surface area contributed by atoms with E-state index >= 15 is 0 Å². The second-order valence-electron chi connectivity index (χ2n) is 6.11. The van der Waals surface area contributed by atoms with Gasteiger partial charge in [-0.2, -0.15) is 0 Å². The Balaban J connectivity index is 2.10. The summed E-state index contributed by atoms with van der Waals surface area (Å²) in [4.78, 5) is 12.6. The number of methoxy groups -OCH3 is 2. The summed E-state index contributed by atoms with van der Waals surface area (Å²) >= 11 is 6.19. The summed E-state index contributed by atoms with van der Waals surface area (Å²) in [5.74, 6) is 1.42. The molecule has 0 aliphatic heterocycles. The van der Waals surface area contributed by atoms with Crippen molar-refractivity contribution in [3.8, 4) is 11.5 Å². The first-order chi connectivity index (χ1) is 11.1. The topological polar surface area (TPSA) is 47.6 Å². The second-order valence-corrected chi connectivity index (χ2v) is 6.51. The van der Waals surface area contributed by atoms with Gasteiger partial charge in [-0.25, -0.2) is 0 Å². The highest BCUT2D eigenvalue weighted by Gasteiger charge is 2.28. The van der Waals surface area contributed by atoms with Gasteiger partial charge in [-0.3, -0.25) is 4.79 Å². The molecule has 128 valence electrons. The number of unbranched alkanes of at least 4 members (excludes halogenated alkanes) is 1. The molecule has 2 atom stereocenters. The molecular formula is C18H26ClNO3. The minimum absolute atomic E-state index is 0.0961. The van der Waals surface area contributed by atoms with Gasteiger partial charge in [0.15, 0.2) is 11.5 Å². The molecule has 1 aromatic carbocycles. The number of hydrogen-bond acceptors (Lipinski definition) is 3. The largest absolute Gasteiger partial charge is 0.493 e. The van der Waals surface area contributed by atoms with Crippen molar-refractivity contribution in [1.82, 2.24) is 5.32 Å². The van der Waals surface area contributed by atoms with Crippen molar-refractivity contribution < 1.29 is 14.3 Å². The van der Waals surface area contributed by atoms with Crippen LogP contribution in [0, 0.1) is 5.92 Å². The number of benzene rings is 1. The molecular weight excluding hydrogens is 314 g/mol. The first-order valence-electron chi connectivity index (χ1n) is 8.33. The normalized spacial score (nSPS) is 20.3. The molecule has 4 nitrogen and oxygen atoms in total. The van der Waals surface area contributed by atoms with Crippen LogP contribution in [0.25, 0.3) is 0 Å². The van der Waals surface area contributed by atoms with Crippen LogP contribution >= 0.6 is 11.6 Å². The van der Waals surface area contributed by atoms with Gasteiger partial charge in [-0.15, -0.1) is 0 Å². The Morgan fingerprint density at radius 2 is 2.09 bits per heavy atom. The minimum atomic E-state index is -0.0961. The zero-order valence-corrected chi connectivity index (χ0v) is 14.9. The summed E-state index contributed by atoms with van der Waals surface area (Å²) in [6.07, 6.45) is 7.06. The van der Waals surface area contributed by atoms with Crippen molar-refractivity contribution in [3.05, 3.63) is 22.7 Å². The van der Waals surface area contributed by atoms with Crippen molar-refractivity contribution in [2.75, 3.05) is 14.2 Å². The van der Waals surface area contributed by atoms with Crippen LogP contribution in [0.15, 0.2) is 12.1 Å². The van der Waals surface area contributed by atoms with Gasteiger partial charge < -0.3 is 14.8 Å². The molecule has 0 spiro atoms. The molecule has 1 fully saturated rings. The average molecular weight is 340 g/mol. The highest BCUT2D eigenvalue weighted by atomic mass is 35.5. The molecule has 1 aromatic rings. The maximum absolute atomic E-state index is 12.6. The van der Waals surface area contributed by atoms with E-state index in [4.69, 9.17) is 21.1 Å². The smallest absolute Gasteiger partial charge is 0.251 e. The predicted molar refractivity (Wildman–Crippen MR) is 92.7 cm³/mol. The number of rotatable bonds is 7. The maximum atomic E-state index is 12.6. The van der Waals surface area contributed by atoms with E-state index in [1.54, 1.807) is 12.1 Å². The van der Waals surface area contributed by atoms with E-state index in [0.29, 0.717) is 28.0 Å². The monoisotopic (exact) mass is 339 g/mol. The number of halogens is 1. The Morgan fingerprint density at radius 3 is 2.74 bits per heavy atom. The molecule has 2 rings (SSSR count). The van der Waals surface area contributed by atoms with E-state index in [2.05, 4.69) is 12.2 Å². The van der Waals surface area contributed by atoms with Crippen LogP contribution in [0.3, 0.4) is 0 Å². The quantitative estimate of drug-likeness (QED) is 0.798. The second kappa shape index (κ2) is 8.44. The van der Waals surface area contributed by atoms with E-state index in [-0.39, 0.29) is 11.9 Å². The third-order valence-corrected chi connectivity index (χ3v) is 4.88. The molecule has 23 heavy (non-hydrogen) atoms. The van der Waals surface area contributed by atoms with Gasteiger partial charge >= 0.3 is 0 Å². The lowest BCUT2D eigenvalue weighted by molar-refractivity contribution is 0.0926. The van der Waals surface area contributed by atoms with E-state index in [9.17, 15) is 4.79 Å². The third kappa shape index (κ3) is 4.31. The van der Waals surface area contributed by atoms with E-state index in [0.717, 1.165) is 6.42 Å². The van der Waals surface area contributed by atoms with Crippen LogP contribution in [0.2, 0.25) is 5.02 Å². The van der Waals surface area contributed by atoms with Gasteiger partial charge in [0.2, 0.25) is 0 Å². The van der Waals surface area contributed by atoms with E-state index in [1.165, 1.54) is 46.3 Å². The molecule has 1 aliphatic rings. The molecule has 0 radical (unpaired) electrons. The van der Waals surface area contributed by atoms with Crippen molar-refractivity contribution in [2.45, 2.75) is 51.5 Å². The first-order valence-corrected chi connectivity index (χ1v) is 8.70. The van der Waals surface area contributed by atoms with Crippen molar-refractivity contribution in [3.63, 3.8) is 0 Å². The number of amides is 1. The molecule has 0 aromatic heterocycles. The fraction of sp³-hybridized carbons (Fsp3) is 0.611. The standard InChI is InChI=1S/C18H26ClNO3/c1-4-5-7-12-8-6-9-15(12)20-18(21)13-10-14(19)17(23-3)16(11-13)22-2/h10-12,15H,4-9H2,1-3H3,(H,20,21). The van der Waals surface area contributed by atoms with Crippen LogP contribution in [0.5, 0.6) is 11.5 Å². The minimum Gasteiger partial charge on any atom is -0.493 e. The zero-order chi connectivity index (χ0) is 16.8. The number of carbonyl (C=O) groups excluding carboxylic acids is 1. The van der Waals surface area contributed by atoms with Gasteiger partial charge in [-0.05, 0) is 37.3 Å². The Labute approximate surface area is 143 Å². The van der Waals surface area contributed by atoms with Crippen LogP contribution in [-0.2, 0) is 0 Å². The lowest BCUT2D eigenvalue weighted by Crippen LogP contribution is -2.37. The predicted octanol–water partition coefficient (Wildman–Crippen LogP) is 4.45. The third-order valence-electron chi connectivity index (χ3n) is 4.60. The fourth-order valence-electron chi connectivity index (χ4n) is 3.34. The summed E-state index contributed by atoms with van der Waals surface area (Å²) in [6.45, 7) is 2.20. The Kier molecular flexibility index (Phi) is 6.58. The average Bonchev–Trinajstić information content (AvgIpc) is 2.98. The molecule has 1 saturated carbocycles. The van der Waals surface area contributed by atoms with Crippen LogP contribution in [0.1, 0.15) is 55.8 Å². The summed E-state index contributed by atoms with van der Waals surface area (Å²) in [7, 11) is 3.06. The first kappa shape index (κ1) is 17.9. The van der Waals surface area contributed by atoms with Crippen LogP contribution in [-0.4, -0.2) is 26.2 Å². The van der Waals surface area contributed by atoms with Gasteiger partial charge in [-0.1, -0.05) is 37.8 Å². The lowest BCUT2D eigenvalue weighted by Gasteiger charge is -2.21. The summed E-state index contributed by atoms with van der Waals surface area (Å²) < 4.78 is 10.5. The highest BCUT2D eigenvalue weighted by molar-refractivity contribution is 6.32. The summed E-state index contributed by atoms with van der Waals surface area (Å²) in [5.41, 5.74) is 0.508. The lowest BCUT2D eigenvalue weighted by atomic mass is 9.96. The Morgan fingerprint density at radius 1 is 1.30 bits per heavy atom. The maximum Gasteiger partial charge on any atom is 0.251 e. The van der Waals surface area contributed by atoms with Crippen molar-refractivity contribution >= 4 is 17.5 Å². The Hall–Kier alpha value is -1.42. The summed E-state index contributed by atoms with van der Waals surface area (Å²) in [5, 5.41) is 3.56. The molecule has 1 aliphatic carbocycles. The fourth-order valence-corrected chi connectivity index (χ4v) is 3.63. The number of ether oxygens (including phenoxy) is 2. The number of nitrogens with one attached hydrogen (secondary N) is 1. The SMILES string of the molecule is CCCCC1CCCC1NC(=O)c1cc(Cl)c(OC)c(OC)c1. The van der Waals surface area contributed by atoms with Crippen molar-refractivity contribution in [2.24, 2.45) is 5.92 Å². The molecule has 0 bridgehead atoms. The van der Waals surface area contributed by atoms with Gasteiger partial charge in [0.1, 0.15) is 0 Å². The Bertz CT molecular complexity index is 547. The number of hydrogen-bond donors (Lipinski definition) is 1. The summed E-state index contributed by atoms with van der Waals surface area (Å²) in [6, 6.07) is 3.57. The molecule has 1 amide bonds. The highest BCUT2D eigenvalue weighted by Crippen LogP contribution is 2.36. The molecule has 0 heterocycles. The van der Waals surface area contributed by atoms with E-state index in [1.807, 2.05) is 0 Å². The van der Waals surface area contributed by atoms with Crippen molar-refractivity contribution in [1.29, 1.82) is 0 Å². The number of carbonyl (C=O) groups is 1. The molecule has 0 saturated heterocycles. The van der Waals surface area contributed by atoms with Crippen LogP contribution in [0.4, 0.5) is 0 Å². The van der Waals surface area contributed by atoms with Gasteiger partial charge in [0, 0.05) is 11.6 Å². The van der Waals surface area contributed by atoms with Gasteiger partial charge in [0.05, 0.1) is 19.2 Å². The molecule has 1 N–H and O–H groups in total.